The Balaban J connectivity index is 1.94. The van der Waals surface area contributed by atoms with Gasteiger partial charge in [-0.1, -0.05) is 0 Å². The first kappa shape index (κ1) is 15.3. The Morgan fingerprint density at radius 3 is 2.87 bits per heavy atom. The number of thiazole rings is 1. The van der Waals surface area contributed by atoms with Crippen molar-refractivity contribution >= 4 is 39.7 Å². The highest BCUT2D eigenvalue weighted by atomic mass is 32.1. The van der Waals surface area contributed by atoms with Crippen LogP contribution in [0.5, 0.6) is 0 Å². The van der Waals surface area contributed by atoms with Gasteiger partial charge >= 0.3 is 5.97 Å². The summed E-state index contributed by atoms with van der Waals surface area (Å²) in [6, 6.07) is 4.65. The van der Waals surface area contributed by atoms with Crippen LogP contribution in [0.2, 0.25) is 0 Å². The molecule has 0 saturated carbocycles. The highest BCUT2D eigenvalue weighted by molar-refractivity contribution is 7.19. The molecule has 3 rings (SSSR count). The first-order valence-corrected chi connectivity index (χ1v) is 7.39. The number of carboxylic acids is 1. The van der Waals surface area contributed by atoms with Crippen molar-refractivity contribution in [2.75, 3.05) is 0 Å². The Hall–Kier alpha value is -2.61. The predicted molar refractivity (Wildman–Crippen MR) is 83.7 cm³/mol. The summed E-state index contributed by atoms with van der Waals surface area (Å²) in [5, 5.41) is 13.3. The van der Waals surface area contributed by atoms with Gasteiger partial charge in [-0.15, -0.1) is 11.3 Å². The summed E-state index contributed by atoms with van der Waals surface area (Å²) in [5.74, 6) is -1.01. The van der Waals surface area contributed by atoms with E-state index < -0.39 is 12.4 Å². The number of aryl methyl sites for hydroxylation is 1. The lowest BCUT2D eigenvalue weighted by atomic mass is 10.2. The van der Waals surface area contributed by atoms with Gasteiger partial charge in [0.05, 0.1) is 15.8 Å². The zero-order valence-corrected chi connectivity index (χ0v) is 12.7. The molecule has 0 bridgehead atoms. The SMILES string of the molecule is Cn1cc(C=Cc2nc3ccc(C(=O)O)cc3s2)c(C(F)F)n1. The number of carboxylic acid groups (broad SMARTS) is 1. The molecule has 2 aromatic heterocycles. The second-order valence-corrected chi connectivity index (χ2v) is 5.88. The van der Waals surface area contributed by atoms with Gasteiger partial charge in [-0.05, 0) is 30.4 Å². The maximum atomic E-state index is 12.9. The van der Waals surface area contributed by atoms with Gasteiger partial charge in [-0.2, -0.15) is 5.10 Å². The van der Waals surface area contributed by atoms with Crippen LogP contribution < -0.4 is 0 Å². The molecule has 23 heavy (non-hydrogen) atoms. The third-order valence-electron chi connectivity index (χ3n) is 3.15. The molecule has 1 N–H and O–H groups in total. The van der Waals surface area contributed by atoms with Crippen molar-refractivity contribution in [1.29, 1.82) is 0 Å². The Morgan fingerprint density at radius 1 is 1.39 bits per heavy atom. The summed E-state index contributed by atoms with van der Waals surface area (Å²) in [6.45, 7) is 0. The summed E-state index contributed by atoms with van der Waals surface area (Å²) in [5.41, 5.74) is 0.898. The van der Waals surface area contributed by atoms with Crippen molar-refractivity contribution in [2.24, 2.45) is 7.05 Å². The van der Waals surface area contributed by atoms with Crippen molar-refractivity contribution in [3.05, 3.63) is 46.2 Å². The lowest BCUT2D eigenvalue weighted by Gasteiger charge is -1.93. The van der Waals surface area contributed by atoms with Gasteiger partial charge in [-0.3, -0.25) is 4.68 Å². The van der Waals surface area contributed by atoms with E-state index in [-0.39, 0.29) is 11.3 Å². The van der Waals surface area contributed by atoms with Crippen LogP contribution in [0.4, 0.5) is 8.78 Å². The predicted octanol–water partition coefficient (Wildman–Crippen LogP) is 3.84. The first-order chi connectivity index (χ1) is 10.9. The van der Waals surface area contributed by atoms with Gasteiger partial charge in [0.2, 0.25) is 0 Å². The Bertz CT molecular complexity index is 915. The normalized spacial score (nSPS) is 11.8. The van der Waals surface area contributed by atoms with Crippen molar-refractivity contribution < 1.29 is 18.7 Å². The van der Waals surface area contributed by atoms with Crippen molar-refractivity contribution in [3.8, 4) is 0 Å². The number of rotatable bonds is 4. The van der Waals surface area contributed by atoms with Gasteiger partial charge in [-0.25, -0.2) is 18.6 Å². The van der Waals surface area contributed by atoms with E-state index in [0.29, 0.717) is 16.1 Å². The summed E-state index contributed by atoms with van der Waals surface area (Å²) in [4.78, 5) is 15.3. The smallest absolute Gasteiger partial charge is 0.335 e. The number of halogens is 2. The van der Waals surface area contributed by atoms with Crippen LogP contribution in [-0.4, -0.2) is 25.8 Å². The van der Waals surface area contributed by atoms with Crippen molar-refractivity contribution in [3.63, 3.8) is 0 Å². The number of hydrogen-bond acceptors (Lipinski definition) is 4. The molecule has 1 aromatic carbocycles. The second-order valence-electron chi connectivity index (χ2n) is 4.82. The number of hydrogen-bond donors (Lipinski definition) is 1. The van der Waals surface area contributed by atoms with Crippen LogP contribution in [0.1, 0.15) is 33.0 Å². The van der Waals surface area contributed by atoms with E-state index in [4.69, 9.17) is 5.11 Å². The number of nitrogens with zero attached hydrogens (tertiary/aromatic N) is 3. The Morgan fingerprint density at radius 2 is 2.17 bits per heavy atom. The second kappa shape index (κ2) is 5.88. The minimum Gasteiger partial charge on any atom is -0.478 e. The number of carbonyl (C=O) groups is 1. The average Bonchev–Trinajstić information content (AvgIpc) is 3.06. The molecule has 5 nitrogen and oxygen atoms in total. The molecule has 0 saturated heterocycles. The quantitative estimate of drug-likeness (QED) is 0.787. The molecular formula is C15H11F2N3O2S. The zero-order chi connectivity index (χ0) is 16.6. The van der Waals surface area contributed by atoms with E-state index in [2.05, 4.69) is 10.1 Å². The molecule has 0 amide bonds. The maximum absolute atomic E-state index is 12.9. The largest absolute Gasteiger partial charge is 0.478 e. The minimum atomic E-state index is -2.65. The van der Waals surface area contributed by atoms with E-state index in [1.165, 1.54) is 34.4 Å². The lowest BCUT2D eigenvalue weighted by Crippen LogP contribution is -1.94. The Kier molecular flexibility index (Phi) is 3.91. The molecular weight excluding hydrogens is 324 g/mol. The molecule has 0 spiro atoms. The van der Waals surface area contributed by atoms with Gasteiger partial charge in [0.25, 0.3) is 6.43 Å². The van der Waals surface area contributed by atoms with E-state index in [9.17, 15) is 13.6 Å². The molecule has 0 aliphatic carbocycles. The topological polar surface area (TPSA) is 68.0 Å². The van der Waals surface area contributed by atoms with Crippen molar-refractivity contribution in [1.82, 2.24) is 14.8 Å². The summed E-state index contributed by atoms with van der Waals surface area (Å²) < 4.78 is 27.8. The number of fused-ring (bicyclic) bond motifs is 1. The van der Waals surface area contributed by atoms with Gasteiger partial charge in [0.1, 0.15) is 10.7 Å². The fourth-order valence-electron chi connectivity index (χ4n) is 2.13. The first-order valence-electron chi connectivity index (χ1n) is 6.57. The fourth-order valence-corrected chi connectivity index (χ4v) is 3.04. The van der Waals surface area contributed by atoms with E-state index in [1.54, 1.807) is 25.3 Å². The van der Waals surface area contributed by atoms with Crippen LogP contribution in [0.15, 0.2) is 24.4 Å². The van der Waals surface area contributed by atoms with Crippen LogP contribution in [0.25, 0.3) is 22.4 Å². The van der Waals surface area contributed by atoms with Gasteiger partial charge in [0.15, 0.2) is 0 Å². The highest BCUT2D eigenvalue weighted by Gasteiger charge is 2.15. The molecule has 0 unspecified atom stereocenters. The molecule has 8 heteroatoms. The third kappa shape index (κ3) is 3.11. The Labute approximate surface area is 133 Å². The van der Waals surface area contributed by atoms with Gasteiger partial charge < -0.3 is 5.11 Å². The number of aromatic carboxylic acids is 1. The molecule has 0 fully saturated rings. The molecule has 0 aliphatic heterocycles. The van der Waals surface area contributed by atoms with E-state index in [0.717, 1.165) is 4.70 Å². The van der Waals surface area contributed by atoms with Crippen LogP contribution in [0.3, 0.4) is 0 Å². The zero-order valence-electron chi connectivity index (χ0n) is 11.9. The summed E-state index contributed by atoms with van der Waals surface area (Å²) >= 11 is 1.29. The summed E-state index contributed by atoms with van der Waals surface area (Å²) in [6.07, 6.45) is 2.01. The van der Waals surface area contributed by atoms with E-state index in [1.807, 2.05) is 0 Å². The number of alkyl halides is 2. The third-order valence-corrected chi connectivity index (χ3v) is 4.13. The lowest BCUT2D eigenvalue weighted by molar-refractivity contribution is 0.0697. The van der Waals surface area contributed by atoms with Crippen LogP contribution in [-0.2, 0) is 7.05 Å². The fraction of sp³-hybridized carbons (Fsp3) is 0.133. The van der Waals surface area contributed by atoms with Gasteiger partial charge in [0, 0.05) is 18.8 Å². The standard InChI is InChI=1S/C15H11F2N3O2S/c1-20-7-9(13(19-20)14(16)17)3-5-12-18-10-4-2-8(15(21)22)6-11(10)23-12/h2-7,14H,1H3,(H,21,22). The molecule has 0 atom stereocenters. The van der Waals surface area contributed by atoms with Crippen LogP contribution >= 0.6 is 11.3 Å². The molecule has 3 aromatic rings. The molecule has 2 heterocycles. The average molecular weight is 335 g/mol. The summed E-state index contributed by atoms with van der Waals surface area (Å²) in [7, 11) is 1.58. The molecule has 0 radical (unpaired) electrons. The van der Waals surface area contributed by atoms with E-state index >= 15 is 0 Å². The number of aromatic nitrogens is 3. The minimum absolute atomic E-state index is 0.184. The maximum Gasteiger partial charge on any atom is 0.335 e. The van der Waals surface area contributed by atoms with Crippen LogP contribution in [0, 0.1) is 0 Å². The monoisotopic (exact) mass is 335 g/mol. The number of benzene rings is 1. The van der Waals surface area contributed by atoms with Crippen molar-refractivity contribution in [2.45, 2.75) is 6.43 Å². The highest BCUT2D eigenvalue weighted by Crippen LogP contribution is 2.26. The molecule has 118 valence electrons. The molecule has 0 aliphatic rings.